The number of rotatable bonds is 13. The second-order valence-corrected chi connectivity index (χ2v) is 20.9. The van der Waals surface area contributed by atoms with Crippen LogP contribution in [0.2, 0.25) is 18.1 Å². The SMILES string of the molecule is CCC1OC(=O)C[C@@H](O[Si](CC)(CC)CC)[C@H](C)[C@@H](OC2OC(C)C(OC(C)=O)C(N(C)C)C2OC(C)=O)[C@@H](C)C[C@@H](C)C(=O)/C=C/C(C)=C/C1CC(C)=O. The lowest BCUT2D eigenvalue weighted by atomic mass is 9.82. The van der Waals surface area contributed by atoms with Crippen LogP contribution in [0.1, 0.15) is 109 Å². The van der Waals surface area contributed by atoms with Crippen molar-refractivity contribution in [1.82, 2.24) is 4.90 Å². The number of hydrogen-bond donors (Lipinski definition) is 0. The van der Waals surface area contributed by atoms with Crippen LogP contribution in [0.15, 0.2) is 23.8 Å². The zero-order chi connectivity index (χ0) is 41.8. The smallest absolute Gasteiger partial charge is 0.308 e. The van der Waals surface area contributed by atoms with Crippen molar-refractivity contribution in [2.45, 2.75) is 176 Å². The molecule has 12 nitrogen and oxygen atoms in total. The molecule has 2 heterocycles. The Labute approximate surface area is 331 Å². The van der Waals surface area contributed by atoms with E-state index >= 15 is 0 Å². The lowest BCUT2D eigenvalue weighted by molar-refractivity contribution is -0.307. The minimum Gasteiger partial charge on any atom is -0.462 e. The molecule has 0 amide bonds. The summed E-state index contributed by atoms with van der Waals surface area (Å²) in [7, 11) is 1.29. The molecule has 55 heavy (non-hydrogen) atoms. The summed E-state index contributed by atoms with van der Waals surface area (Å²) in [6.45, 7) is 22.0. The summed E-state index contributed by atoms with van der Waals surface area (Å²) in [5, 5.41) is 0. The molecule has 0 aromatic rings. The molecule has 13 heteroatoms. The van der Waals surface area contributed by atoms with Crippen molar-refractivity contribution in [2.75, 3.05) is 14.1 Å². The molecule has 0 radical (unpaired) electrons. The normalized spacial score (nSPS) is 34.6. The third kappa shape index (κ3) is 14.0. The minimum atomic E-state index is -2.33. The highest BCUT2D eigenvalue weighted by molar-refractivity contribution is 6.73. The molecule has 7 unspecified atom stereocenters. The number of ether oxygens (including phenoxy) is 5. The van der Waals surface area contributed by atoms with E-state index < -0.39 is 81.1 Å². The van der Waals surface area contributed by atoms with Crippen LogP contribution in [-0.4, -0.2) is 106 Å². The Bertz CT molecular complexity index is 1350. The summed E-state index contributed by atoms with van der Waals surface area (Å²) in [5.74, 6) is -3.01. The Morgan fingerprint density at radius 2 is 1.45 bits per heavy atom. The molecular formula is C42H71NO11Si. The van der Waals surface area contributed by atoms with Crippen LogP contribution < -0.4 is 0 Å². The van der Waals surface area contributed by atoms with Crippen LogP contribution in [0, 0.1) is 23.7 Å². The molecule has 1 saturated heterocycles. The summed E-state index contributed by atoms with van der Waals surface area (Å²) in [6.07, 6.45) is 0.994. The largest absolute Gasteiger partial charge is 0.462 e. The minimum absolute atomic E-state index is 0.0259. The molecule has 2 aliphatic heterocycles. The molecule has 0 aromatic carbocycles. The maximum atomic E-state index is 14.1. The fraction of sp³-hybridized carbons (Fsp3) is 0.786. The van der Waals surface area contributed by atoms with Crippen molar-refractivity contribution in [3.63, 3.8) is 0 Å². The van der Waals surface area contributed by atoms with E-state index in [1.807, 2.05) is 59.7 Å². The van der Waals surface area contributed by atoms with Crippen molar-refractivity contribution >= 4 is 37.8 Å². The van der Waals surface area contributed by atoms with Gasteiger partial charge in [0.05, 0.1) is 30.8 Å². The van der Waals surface area contributed by atoms with Gasteiger partial charge >= 0.3 is 17.9 Å². The molecule has 2 rings (SSSR count). The third-order valence-corrected chi connectivity index (χ3v) is 16.2. The number of cyclic esters (lactones) is 1. The van der Waals surface area contributed by atoms with Gasteiger partial charge in [-0.2, -0.15) is 0 Å². The number of nitrogens with zero attached hydrogens (tertiary/aromatic N) is 1. The highest BCUT2D eigenvalue weighted by atomic mass is 28.4. The van der Waals surface area contributed by atoms with E-state index in [9.17, 15) is 24.0 Å². The maximum Gasteiger partial charge on any atom is 0.308 e. The number of likely N-dealkylation sites (N-methyl/N-ethyl adjacent to an activating group) is 1. The predicted octanol–water partition coefficient (Wildman–Crippen LogP) is 6.99. The average Bonchev–Trinajstić information content (AvgIpc) is 3.10. The van der Waals surface area contributed by atoms with Gasteiger partial charge in [0.1, 0.15) is 18.0 Å². The van der Waals surface area contributed by atoms with Gasteiger partial charge in [-0.3, -0.25) is 24.1 Å². The molecule has 314 valence electrons. The number of esters is 3. The van der Waals surface area contributed by atoms with Crippen molar-refractivity contribution in [3.8, 4) is 0 Å². The summed E-state index contributed by atoms with van der Waals surface area (Å²) < 4.78 is 38.5. The molecule has 0 N–H and O–H groups in total. The molecular weight excluding hydrogens is 723 g/mol. The van der Waals surface area contributed by atoms with Gasteiger partial charge in [0, 0.05) is 38.0 Å². The highest BCUT2D eigenvalue weighted by Gasteiger charge is 2.52. The van der Waals surface area contributed by atoms with Crippen LogP contribution in [0.5, 0.6) is 0 Å². The Morgan fingerprint density at radius 1 is 0.873 bits per heavy atom. The fourth-order valence-corrected chi connectivity index (χ4v) is 11.2. The van der Waals surface area contributed by atoms with Crippen LogP contribution in [0.25, 0.3) is 0 Å². The molecule has 0 bridgehead atoms. The van der Waals surface area contributed by atoms with Crippen LogP contribution in [0.3, 0.4) is 0 Å². The van der Waals surface area contributed by atoms with Gasteiger partial charge < -0.3 is 32.9 Å². The van der Waals surface area contributed by atoms with Gasteiger partial charge in [-0.25, -0.2) is 0 Å². The van der Waals surface area contributed by atoms with Gasteiger partial charge in [-0.15, -0.1) is 0 Å². The molecule has 0 saturated carbocycles. The molecule has 12 atom stereocenters. The molecule has 0 aliphatic carbocycles. The average molecular weight is 794 g/mol. The number of Topliss-reactive ketones (excluding diaryl/α,β-unsaturated/α-hetero) is 1. The highest BCUT2D eigenvalue weighted by Crippen LogP contribution is 2.37. The lowest BCUT2D eigenvalue weighted by Crippen LogP contribution is -2.65. The first-order valence-corrected chi connectivity index (χ1v) is 22.8. The van der Waals surface area contributed by atoms with Gasteiger partial charge in [-0.05, 0) is 77.8 Å². The van der Waals surface area contributed by atoms with E-state index in [2.05, 4.69) is 20.8 Å². The monoisotopic (exact) mass is 793 g/mol. The molecule has 0 spiro atoms. The van der Waals surface area contributed by atoms with Crippen molar-refractivity contribution in [1.29, 1.82) is 0 Å². The summed E-state index contributed by atoms with van der Waals surface area (Å²) >= 11 is 0. The zero-order valence-electron chi connectivity index (χ0n) is 36.0. The van der Waals surface area contributed by atoms with Gasteiger partial charge in [0.2, 0.25) is 0 Å². The predicted molar refractivity (Wildman–Crippen MR) is 213 cm³/mol. The van der Waals surface area contributed by atoms with Crippen LogP contribution in [-0.2, 0) is 52.1 Å². The van der Waals surface area contributed by atoms with E-state index in [-0.39, 0.29) is 42.2 Å². The van der Waals surface area contributed by atoms with E-state index in [0.717, 1.165) is 23.7 Å². The first kappa shape index (κ1) is 48.4. The number of carbonyl (C=O) groups excluding carboxylic acids is 5. The Morgan fingerprint density at radius 3 is 1.96 bits per heavy atom. The van der Waals surface area contributed by atoms with Crippen molar-refractivity contribution in [2.24, 2.45) is 23.7 Å². The number of hydrogen-bond acceptors (Lipinski definition) is 12. The Balaban J connectivity index is 2.80. The number of allylic oxidation sites excluding steroid dienone is 3. The zero-order valence-corrected chi connectivity index (χ0v) is 37.0. The number of carbonyl (C=O) groups is 5. The van der Waals surface area contributed by atoms with Gasteiger partial charge in [0.15, 0.2) is 26.5 Å². The van der Waals surface area contributed by atoms with Crippen molar-refractivity contribution < 1.29 is 52.1 Å². The quantitative estimate of drug-likeness (QED) is 0.108. The summed E-state index contributed by atoms with van der Waals surface area (Å²) in [5.41, 5.74) is 0.796. The number of ketones is 2. The van der Waals surface area contributed by atoms with Gasteiger partial charge in [0.25, 0.3) is 0 Å². The molecule has 1 fully saturated rings. The van der Waals surface area contributed by atoms with Gasteiger partial charge in [-0.1, -0.05) is 66.2 Å². The van der Waals surface area contributed by atoms with E-state index in [1.165, 1.54) is 20.8 Å². The Hall–Kier alpha value is -2.71. The lowest BCUT2D eigenvalue weighted by Gasteiger charge is -2.48. The second-order valence-electron chi connectivity index (χ2n) is 16.1. The summed E-state index contributed by atoms with van der Waals surface area (Å²) in [6, 6.07) is 1.93. The third-order valence-electron chi connectivity index (χ3n) is 11.5. The molecule has 0 aromatic heterocycles. The van der Waals surface area contributed by atoms with Crippen molar-refractivity contribution in [3.05, 3.63) is 23.8 Å². The first-order valence-electron chi connectivity index (χ1n) is 20.3. The first-order chi connectivity index (χ1) is 25.7. The summed E-state index contributed by atoms with van der Waals surface area (Å²) in [4.78, 5) is 66.7. The topological polar surface area (TPSA) is 144 Å². The van der Waals surface area contributed by atoms with E-state index in [4.69, 9.17) is 28.1 Å². The van der Waals surface area contributed by atoms with E-state index in [1.54, 1.807) is 19.1 Å². The van der Waals surface area contributed by atoms with E-state index in [0.29, 0.717) is 12.8 Å². The molecule has 2 aliphatic rings. The second kappa shape index (κ2) is 22.3. The standard InChI is InChI=1S/C42H71NO11Si/c1-15-35-33(23-28(8)44)21-25(5)19-20-34(47)26(6)22-27(7)39(29(9)36(24-37(48)52-35)54-55(16-2,17-3)18-4)53-42-41(51-32(12)46)38(43(13)14)40(30(10)49-42)50-31(11)45/h19-21,26-27,29-30,33,35-36,38-42H,15-18,22-24H2,1-14H3/b20-19+,25-21+/t26-,27+,29+,30?,33?,35?,36-,38?,39+,40?,41?,42?/m1/s1. The fourth-order valence-electron chi connectivity index (χ4n) is 8.23. The van der Waals surface area contributed by atoms with Crippen LogP contribution in [0.4, 0.5) is 0 Å². The Kier molecular flexibility index (Phi) is 19.6. The maximum absolute atomic E-state index is 14.1. The van der Waals surface area contributed by atoms with Crippen LogP contribution >= 0.6 is 0 Å².